The number of piperidine rings is 1. The summed E-state index contributed by atoms with van der Waals surface area (Å²) in [5.74, 6) is 0.656. The van der Waals surface area contributed by atoms with Crippen LogP contribution in [0.2, 0.25) is 0 Å². The van der Waals surface area contributed by atoms with Crippen molar-refractivity contribution in [3.63, 3.8) is 0 Å². The van der Waals surface area contributed by atoms with Crippen LogP contribution >= 0.6 is 0 Å². The topological polar surface area (TPSA) is 67.6 Å². The summed E-state index contributed by atoms with van der Waals surface area (Å²) >= 11 is 0. The quantitative estimate of drug-likeness (QED) is 0.893. The zero-order valence-electron chi connectivity index (χ0n) is 15.7. The van der Waals surface area contributed by atoms with Gasteiger partial charge < -0.3 is 14.7 Å². The number of likely N-dealkylation sites (tertiary alicyclic amines) is 1. The molecule has 140 valence electrons. The van der Waals surface area contributed by atoms with Crippen molar-refractivity contribution in [2.75, 3.05) is 19.7 Å². The molecular formula is C20H27N3O3. The summed E-state index contributed by atoms with van der Waals surface area (Å²) in [7, 11) is 0. The number of β-amino-alcohol motifs (C(OH)–C–C–N with tert-alkyl or cyclic N) is 1. The van der Waals surface area contributed by atoms with E-state index in [1.165, 1.54) is 5.56 Å². The first kappa shape index (κ1) is 18.5. The Kier molecular flexibility index (Phi) is 5.32. The maximum Gasteiger partial charge on any atom is 0.257 e. The average molecular weight is 357 g/mol. The van der Waals surface area contributed by atoms with E-state index in [4.69, 9.17) is 4.74 Å². The number of carbonyl (C=O) groups is 1. The van der Waals surface area contributed by atoms with E-state index in [0.29, 0.717) is 18.5 Å². The lowest BCUT2D eigenvalue weighted by molar-refractivity contribution is -0.0532. The molecule has 6 heteroatoms. The monoisotopic (exact) mass is 357 g/mol. The number of ether oxygens (including phenoxy) is 1. The Balaban J connectivity index is 1.64. The summed E-state index contributed by atoms with van der Waals surface area (Å²) in [6.45, 7) is 7.88. The number of aryl methyl sites for hydroxylation is 3. The van der Waals surface area contributed by atoms with Crippen molar-refractivity contribution in [1.82, 2.24) is 14.7 Å². The number of carbonyl (C=O) groups excluding carboxylic acids is 1. The molecule has 1 unspecified atom stereocenters. The first-order valence-electron chi connectivity index (χ1n) is 9.14. The highest BCUT2D eigenvalue weighted by atomic mass is 16.5. The van der Waals surface area contributed by atoms with Gasteiger partial charge in [0.25, 0.3) is 5.91 Å². The predicted molar refractivity (Wildman–Crippen MR) is 99.4 cm³/mol. The molecule has 2 heterocycles. The van der Waals surface area contributed by atoms with Crippen LogP contribution in [-0.4, -0.2) is 51.0 Å². The van der Waals surface area contributed by atoms with Gasteiger partial charge in [0, 0.05) is 19.3 Å². The SMILES string of the molecule is CCn1cc(C(=O)N2CCCC(O)(COc3ccc(C)c(C)c3)C2)cn1. The molecule has 6 nitrogen and oxygen atoms in total. The number of nitrogens with zero attached hydrogens (tertiary/aromatic N) is 3. The lowest BCUT2D eigenvalue weighted by Gasteiger charge is -2.38. The van der Waals surface area contributed by atoms with E-state index in [1.807, 2.05) is 32.0 Å². The minimum Gasteiger partial charge on any atom is -0.491 e. The molecule has 3 rings (SSSR count). The number of rotatable bonds is 5. The number of hydrogen-bond donors (Lipinski definition) is 1. The second-order valence-corrected chi connectivity index (χ2v) is 7.17. The fourth-order valence-corrected chi connectivity index (χ4v) is 3.25. The second-order valence-electron chi connectivity index (χ2n) is 7.17. The predicted octanol–water partition coefficient (Wildman–Crippen LogP) is 2.57. The molecule has 1 amide bonds. The van der Waals surface area contributed by atoms with Crippen molar-refractivity contribution in [1.29, 1.82) is 0 Å². The summed E-state index contributed by atoms with van der Waals surface area (Å²) in [6.07, 6.45) is 4.71. The minimum absolute atomic E-state index is 0.0889. The Morgan fingerprint density at radius 1 is 1.35 bits per heavy atom. The molecule has 0 spiro atoms. The van der Waals surface area contributed by atoms with E-state index in [2.05, 4.69) is 12.0 Å². The number of amides is 1. The zero-order chi connectivity index (χ0) is 18.7. The lowest BCUT2D eigenvalue weighted by Crippen LogP contribution is -2.53. The van der Waals surface area contributed by atoms with Gasteiger partial charge in [-0.25, -0.2) is 0 Å². The Bertz CT molecular complexity index is 786. The summed E-state index contributed by atoms with van der Waals surface area (Å²) in [5, 5.41) is 15.1. The van der Waals surface area contributed by atoms with Crippen LogP contribution < -0.4 is 4.74 Å². The molecule has 1 aliphatic rings. The Labute approximate surface area is 154 Å². The summed E-state index contributed by atoms with van der Waals surface area (Å²) < 4.78 is 7.56. The van der Waals surface area contributed by atoms with E-state index in [1.54, 1.807) is 22.0 Å². The van der Waals surface area contributed by atoms with Crippen molar-refractivity contribution in [2.45, 2.75) is 45.8 Å². The highest BCUT2D eigenvalue weighted by Gasteiger charge is 2.36. The molecule has 0 radical (unpaired) electrons. The molecule has 0 bridgehead atoms. The standard InChI is InChI=1S/C20H27N3O3/c1-4-23-12-17(11-21-23)19(24)22-9-5-8-20(25,13-22)14-26-18-7-6-15(2)16(3)10-18/h6-7,10-12,25H,4-5,8-9,13-14H2,1-3H3. The second kappa shape index (κ2) is 7.50. The Hall–Kier alpha value is -2.34. The van der Waals surface area contributed by atoms with Gasteiger partial charge in [-0.05, 0) is 56.9 Å². The third-order valence-corrected chi connectivity index (χ3v) is 5.03. The van der Waals surface area contributed by atoms with Gasteiger partial charge in [0.05, 0.1) is 18.3 Å². The van der Waals surface area contributed by atoms with Crippen LogP contribution in [-0.2, 0) is 6.54 Å². The van der Waals surface area contributed by atoms with Gasteiger partial charge in [0.1, 0.15) is 18.0 Å². The van der Waals surface area contributed by atoms with Gasteiger partial charge in [-0.2, -0.15) is 5.10 Å². The average Bonchev–Trinajstić information content (AvgIpc) is 3.11. The van der Waals surface area contributed by atoms with Crippen LogP contribution in [0.4, 0.5) is 0 Å². The first-order valence-corrected chi connectivity index (χ1v) is 9.14. The summed E-state index contributed by atoms with van der Waals surface area (Å²) in [4.78, 5) is 14.4. The third kappa shape index (κ3) is 4.07. The summed E-state index contributed by atoms with van der Waals surface area (Å²) in [6, 6.07) is 5.90. The molecule has 26 heavy (non-hydrogen) atoms. The third-order valence-electron chi connectivity index (χ3n) is 5.03. The molecule has 1 N–H and O–H groups in total. The Morgan fingerprint density at radius 2 is 2.15 bits per heavy atom. The van der Waals surface area contributed by atoms with Crippen LogP contribution in [0.3, 0.4) is 0 Å². The number of hydrogen-bond acceptors (Lipinski definition) is 4. The molecule has 1 aromatic carbocycles. The first-order chi connectivity index (χ1) is 12.4. The van der Waals surface area contributed by atoms with E-state index >= 15 is 0 Å². The number of benzene rings is 1. The molecule has 0 aliphatic carbocycles. The number of aliphatic hydroxyl groups is 1. The summed E-state index contributed by atoms with van der Waals surface area (Å²) in [5.41, 5.74) is 1.89. The molecule has 1 aromatic heterocycles. The molecular weight excluding hydrogens is 330 g/mol. The van der Waals surface area contributed by atoms with Gasteiger partial charge in [-0.15, -0.1) is 0 Å². The molecule has 0 saturated carbocycles. The molecule has 1 fully saturated rings. The smallest absolute Gasteiger partial charge is 0.257 e. The molecule has 1 saturated heterocycles. The maximum atomic E-state index is 12.7. The van der Waals surface area contributed by atoms with Gasteiger partial charge in [0.15, 0.2) is 0 Å². The van der Waals surface area contributed by atoms with E-state index in [-0.39, 0.29) is 19.1 Å². The normalized spacial score (nSPS) is 20.2. The van der Waals surface area contributed by atoms with Crippen molar-refractivity contribution < 1.29 is 14.6 Å². The lowest BCUT2D eigenvalue weighted by atomic mass is 9.93. The van der Waals surface area contributed by atoms with Crippen molar-refractivity contribution in [3.05, 3.63) is 47.3 Å². The largest absolute Gasteiger partial charge is 0.491 e. The van der Waals surface area contributed by atoms with Crippen molar-refractivity contribution in [2.24, 2.45) is 0 Å². The maximum absolute atomic E-state index is 12.7. The van der Waals surface area contributed by atoms with Gasteiger partial charge >= 0.3 is 0 Å². The highest BCUT2D eigenvalue weighted by molar-refractivity contribution is 5.93. The van der Waals surface area contributed by atoms with Crippen LogP contribution in [0.25, 0.3) is 0 Å². The van der Waals surface area contributed by atoms with Crippen LogP contribution in [0.15, 0.2) is 30.6 Å². The fourth-order valence-electron chi connectivity index (χ4n) is 3.25. The van der Waals surface area contributed by atoms with Crippen LogP contribution in [0.5, 0.6) is 5.75 Å². The van der Waals surface area contributed by atoms with Crippen molar-refractivity contribution in [3.8, 4) is 5.75 Å². The fraction of sp³-hybridized carbons (Fsp3) is 0.500. The van der Waals surface area contributed by atoms with E-state index < -0.39 is 5.60 Å². The molecule has 1 atom stereocenters. The van der Waals surface area contributed by atoms with Gasteiger partial charge in [-0.3, -0.25) is 9.48 Å². The van der Waals surface area contributed by atoms with Gasteiger partial charge in [-0.1, -0.05) is 6.07 Å². The van der Waals surface area contributed by atoms with Crippen molar-refractivity contribution >= 4 is 5.91 Å². The van der Waals surface area contributed by atoms with Crippen LogP contribution in [0.1, 0.15) is 41.3 Å². The molecule has 2 aromatic rings. The van der Waals surface area contributed by atoms with Crippen LogP contribution in [0, 0.1) is 13.8 Å². The highest BCUT2D eigenvalue weighted by Crippen LogP contribution is 2.25. The minimum atomic E-state index is -1.03. The van der Waals surface area contributed by atoms with Gasteiger partial charge in [0.2, 0.25) is 0 Å². The Morgan fingerprint density at radius 3 is 2.85 bits per heavy atom. The van der Waals surface area contributed by atoms with E-state index in [9.17, 15) is 9.90 Å². The number of aromatic nitrogens is 2. The molecule has 1 aliphatic heterocycles. The zero-order valence-corrected chi connectivity index (χ0v) is 15.7. The van der Waals surface area contributed by atoms with E-state index in [0.717, 1.165) is 24.3 Å².